The highest BCUT2D eigenvalue weighted by atomic mass is 19.1. The molecule has 0 aromatic heterocycles. The third kappa shape index (κ3) is 6.33. The molecule has 0 saturated carbocycles. The molecule has 2 rings (SSSR count). The van der Waals surface area contributed by atoms with Gasteiger partial charge in [0, 0.05) is 30.9 Å². The van der Waals surface area contributed by atoms with Crippen molar-refractivity contribution in [2.75, 3.05) is 30.8 Å². The molecule has 0 saturated heterocycles. The second-order valence-electron chi connectivity index (χ2n) is 6.23. The maximum absolute atomic E-state index is 14.4. The average molecular weight is 389 g/mol. The van der Waals surface area contributed by atoms with Crippen LogP contribution in [0.25, 0.3) is 0 Å². The van der Waals surface area contributed by atoms with Gasteiger partial charge in [-0.1, -0.05) is 19.8 Å². The second-order valence-corrected chi connectivity index (χ2v) is 6.23. The number of benzene rings is 2. The third-order valence-corrected chi connectivity index (χ3v) is 4.03. The summed E-state index contributed by atoms with van der Waals surface area (Å²) in [6.07, 6.45) is 2.98. The smallest absolute Gasteiger partial charge is 0.319 e. The lowest BCUT2D eigenvalue weighted by Gasteiger charge is -2.14. The lowest BCUT2D eigenvalue weighted by Crippen LogP contribution is -2.29. The number of carbonyl (C=O) groups is 1. The summed E-state index contributed by atoms with van der Waals surface area (Å²) in [5, 5.41) is 8.40. The first kappa shape index (κ1) is 21.3. The van der Waals surface area contributed by atoms with Crippen molar-refractivity contribution in [3.8, 4) is 17.2 Å². The van der Waals surface area contributed by atoms with Crippen molar-refractivity contribution < 1.29 is 18.7 Å². The number of methoxy groups -OCH3 is 1. The Labute approximate surface area is 165 Å². The summed E-state index contributed by atoms with van der Waals surface area (Å²) in [4.78, 5) is 11.9. The summed E-state index contributed by atoms with van der Waals surface area (Å²) < 4.78 is 25.5. The Hall–Kier alpha value is -2.96. The van der Waals surface area contributed by atoms with Crippen LogP contribution in [0.1, 0.15) is 33.1 Å². The van der Waals surface area contributed by atoms with E-state index in [0.717, 1.165) is 31.5 Å². The van der Waals surface area contributed by atoms with E-state index in [0.29, 0.717) is 18.0 Å². The normalized spacial score (nSPS) is 10.3. The summed E-state index contributed by atoms with van der Waals surface area (Å²) in [6, 6.07) is 9.47. The van der Waals surface area contributed by atoms with E-state index in [1.54, 1.807) is 12.1 Å². The molecule has 0 unspecified atom stereocenters. The van der Waals surface area contributed by atoms with Crippen LogP contribution in [-0.2, 0) is 0 Å². The summed E-state index contributed by atoms with van der Waals surface area (Å²) in [6.45, 7) is 5.46. The zero-order chi connectivity index (χ0) is 20.4. The Morgan fingerprint density at radius 1 is 1.07 bits per heavy atom. The van der Waals surface area contributed by atoms with Gasteiger partial charge >= 0.3 is 6.03 Å². The number of hydrogen-bond acceptors (Lipinski definition) is 4. The van der Waals surface area contributed by atoms with Crippen molar-refractivity contribution in [2.45, 2.75) is 33.1 Å². The molecule has 0 aliphatic heterocycles. The molecule has 0 atom stereocenters. The van der Waals surface area contributed by atoms with Crippen molar-refractivity contribution in [3.05, 3.63) is 42.2 Å². The molecule has 0 bridgehead atoms. The van der Waals surface area contributed by atoms with Crippen LogP contribution in [0.5, 0.6) is 17.2 Å². The number of carbonyl (C=O) groups excluding carboxylic acids is 1. The number of amides is 2. The largest absolute Gasteiger partial charge is 0.493 e. The number of unbranched alkanes of at least 4 members (excludes halogenated alkanes) is 2. The van der Waals surface area contributed by atoms with Gasteiger partial charge in [0.05, 0.1) is 12.8 Å². The molecule has 0 heterocycles. The van der Waals surface area contributed by atoms with Crippen LogP contribution >= 0.6 is 0 Å². The first-order chi connectivity index (χ1) is 13.6. The fourth-order valence-electron chi connectivity index (χ4n) is 2.59. The quantitative estimate of drug-likeness (QED) is 0.478. The average Bonchev–Trinajstić information content (AvgIpc) is 2.69. The van der Waals surface area contributed by atoms with Gasteiger partial charge in [0.2, 0.25) is 0 Å². The van der Waals surface area contributed by atoms with Gasteiger partial charge in [-0.25, -0.2) is 9.18 Å². The number of hydrogen-bond donors (Lipinski definition) is 3. The van der Waals surface area contributed by atoms with E-state index in [1.165, 1.54) is 19.2 Å². The minimum atomic E-state index is -0.608. The van der Waals surface area contributed by atoms with Crippen LogP contribution in [0.3, 0.4) is 0 Å². The third-order valence-electron chi connectivity index (χ3n) is 4.03. The summed E-state index contributed by atoms with van der Waals surface area (Å²) in [5.74, 6) is 0.487. The highest BCUT2D eigenvalue weighted by Crippen LogP contribution is 2.36. The van der Waals surface area contributed by atoms with E-state index in [-0.39, 0.29) is 11.4 Å². The molecular formula is C21H28FN3O3. The van der Waals surface area contributed by atoms with E-state index in [9.17, 15) is 9.18 Å². The summed E-state index contributed by atoms with van der Waals surface area (Å²) in [5.41, 5.74) is 0.997. The molecule has 0 aliphatic rings. The topological polar surface area (TPSA) is 71.6 Å². The van der Waals surface area contributed by atoms with Gasteiger partial charge in [-0.2, -0.15) is 0 Å². The number of rotatable bonds is 10. The predicted octanol–water partition coefficient (Wildman–Crippen LogP) is 5.37. The van der Waals surface area contributed by atoms with Gasteiger partial charge in [0.25, 0.3) is 0 Å². The van der Waals surface area contributed by atoms with Crippen LogP contribution in [0.15, 0.2) is 36.4 Å². The van der Waals surface area contributed by atoms with E-state index < -0.39 is 11.8 Å². The van der Waals surface area contributed by atoms with Crippen LogP contribution < -0.4 is 25.4 Å². The second kappa shape index (κ2) is 11.0. The molecule has 152 valence electrons. The van der Waals surface area contributed by atoms with E-state index >= 15 is 0 Å². The molecule has 2 aromatic rings. The molecule has 0 radical (unpaired) electrons. The number of urea groups is 1. The van der Waals surface area contributed by atoms with Crippen LogP contribution in [0, 0.1) is 5.82 Å². The number of anilines is 2. The molecule has 0 fully saturated rings. The predicted molar refractivity (Wildman–Crippen MR) is 110 cm³/mol. The van der Waals surface area contributed by atoms with Crippen molar-refractivity contribution in [1.82, 2.24) is 5.32 Å². The fourth-order valence-corrected chi connectivity index (χ4v) is 2.59. The zero-order valence-electron chi connectivity index (χ0n) is 16.6. The fraction of sp³-hybridized carbons (Fsp3) is 0.381. The lowest BCUT2D eigenvalue weighted by molar-refractivity contribution is 0.251. The molecule has 7 heteroatoms. The Morgan fingerprint density at radius 3 is 2.46 bits per heavy atom. The number of halogens is 1. The first-order valence-electron chi connectivity index (χ1n) is 9.51. The molecule has 0 aliphatic carbocycles. The van der Waals surface area contributed by atoms with E-state index in [2.05, 4.69) is 22.9 Å². The number of nitrogens with one attached hydrogen (secondary N) is 3. The van der Waals surface area contributed by atoms with Crippen molar-refractivity contribution in [3.63, 3.8) is 0 Å². The van der Waals surface area contributed by atoms with Crippen LogP contribution in [0.2, 0.25) is 0 Å². The van der Waals surface area contributed by atoms with Crippen LogP contribution in [-0.4, -0.2) is 26.2 Å². The Morgan fingerprint density at radius 2 is 1.82 bits per heavy atom. The molecule has 0 spiro atoms. The van der Waals surface area contributed by atoms with Crippen molar-refractivity contribution in [2.24, 2.45) is 0 Å². The Kier molecular flexibility index (Phi) is 8.39. The Bertz CT molecular complexity index is 766. The van der Waals surface area contributed by atoms with Gasteiger partial charge in [-0.3, -0.25) is 0 Å². The maximum atomic E-state index is 14.4. The first-order valence-corrected chi connectivity index (χ1v) is 9.51. The standard InChI is InChI=1S/C21H28FN3O3/c1-4-6-7-12-24-21(26)25-18-14-19(27-3)20(13-17(18)22)28-16-10-8-15(9-11-16)23-5-2/h8-11,13-14,23H,4-7,12H2,1-3H3,(H2,24,25,26). The van der Waals surface area contributed by atoms with Gasteiger partial charge in [-0.15, -0.1) is 0 Å². The lowest BCUT2D eigenvalue weighted by atomic mass is 10.2. The van der Waals surface area contributed by atoms with Gasteiger partial charge in [0.15, 0.2) is 17.3 Å². The summed E-state index contributed by atoms with van der Waals surface area (Å²) >= 11 is 0. The highest BCUT2D eigenvalue weighted by molar-refractivity contribution is 5.89. The Balaban J connectivity index is 2.06. The van der Waals surface area contributed by atoms with Gasteiger partial charge < -0.3 is 25.4 Å². The van der Waals surface area contributed by atoms with Crippen LogP contribution in [0.4, 0.5) is 20.6 Å². The highest BCUT2D eigenvalue weighted by Gasteiger charge is 2.14. The number of ether oxygens (including phenoxy) is 2. The molecule has 3 N–H and O–H groups in total. The maximum Gasteiger partial charge on any atom is 0.319 e. The van der Waals surface area contributed by atoms with Gasteiger partial charge in [0.1, 0.15) is 5.75 Å². The molecular weight excluding hydrogens is 361 g/mol. The van der Waals surface area contributed by atoms with Crippen molar-refractivity contribution >= 4 is 17.4 Å². The minimum Gasteiger partial charge on any atom is -0.493 e. The zero-order valence-corrected chi connectivity index (χ0v) is 16.6. The molecule has 6 nitrogen and oxygen atoms in total. The van der Waals surface area contributed by atoms with E-state index in [1.807, 2.05) is 19.1 Å². The SMILES string of the molecule is CCCCCNC(=O)Nc1cc(OC)c(Oc2ccc(NCC)cc2)cc1F. The molecule has 2 aromatic carbocycles. The minimum absolute atomic E-state index is 0.0275. The monoisotopic (exact) mass is 389 g/mol. The van der Waals surface area contributed by atoms with E-state index in [4.69, 9.17) is 9.47 Å². The van der Waals surface area contributed by atoms with Gasteiger partial charge in [-0.05, 0) is 37.6 Å². The summed E-state index contributed by atoms with van der Waals surface area (Å²) in [7, 11) is 1.46. The van der Waals surface area contributed by atoms with Crippen molar-refractivity contribution in [1.29, 1.82) is 0 Å². The molecule has 28 heavy (non-hydrogen) atoms. The molecule has 2 amide bonds.